The van der Waals surface area contributed by atoms with Gasteiger partial charge < -0.3 is 19.9 Å². The molecule has 184 valence electrons. The Morgan fingerprint density at radius 3 is 2.34 bits per heavy atom. The summed E-state index contributed by atoms with van der Waals surface area (Å²) in [6.45, 7) is -0.240. The molecule has 0 aromatic heterocycles. The molecule has 9 heteroatoms. The first-order valence-electron chi connectivity index (χ1n) is 10.6. The van der Waals surface area contributed by atoms with E-state index >= 15 is 0 Å². The molecule has 0 bridgehead atoms. The van der Waals surface area contributed by atoms with E-state index in [0.717, 1.165) is 17.7 Å². The van der Waals surface area contributed by atoms with E-state index in [1.807, 2.05) is 30.3 Å². The summed E-state index contributed by atoms with van der Waals surface area (Å²) in [5.74, 6) is -1.18. The maximum Gasteiger partial charge on any atom is 0.416 e. The summed E-state index contributed by atoms with van der Waals surface area (Å²) in [7, 11) is 1.41. The number of carbonyl (C=O) groups excluding carboxylic acids is 1. The SMILES string of the molecule is COc1ccc(CC(=O)O)cc1-c1ccc(C(F)(F)F)cc1CNC(=O)COCc1ccccc1. The molecule has 3 aromatic rings. The van der Waals surface area contributed by atoms with Crippen molar-refractivity contribution in [1.82, 2.24) is 5.32 Å². The van der Waals surface area contributed by atoms with Crippen molar-refractivity contribution >= 4 is 11.9 Å². The number of aliphatic carboxylic acids is 1. The van der Waals surface area contributed by atoms with Crippen LogP contribution in [0, 0.1) is 0 Å². The molecule has 0 atom stereocenters. The van der Waals surface area contributed by atoms with Crippen molar-refractivity contribution < 1.29 is 37.3 Å². The number of ether oxygens (including phenoxy) is 2. The Bertz CT molecular complexity index is 1180. The normalized spacial score (nSPS) is 11.2. The van der Waals surface area contributed by atoms with Crippen molar-refractivity contribution in [3.63, 3.8) is 0 Å². The van der Waals surface area contributed by atoms with E-state index in [9.17, 15) is 22.8 Å². The first kappa shape index (κ1) is 25.8. The van der Waals surface area contributed by atoms with E-state index in [2.05, 4.69) is 5.32 Å². The van der Waals surface area contributed by atoms with Gasteiger partial charge in [-0.2, -0.15) is 13.2 Å². The highest BCUT2D eigenvalue weighted by atomic mass is 19.4. The van der Waals surface area contributed by atoms with E-state index in [-0.39, 0.29) is 31.7 Å². The van der Waals surface area contributed by atoms with Crippen LogP contribution in [0.5, 0.6) is 5.75 Å². The zero-order chi connectivity index (χ0) is 25.4. The summed E-state index contributed by atoms with van der Waals surface area (Å²) in [6, 6.07) is 17.1. The van der Waals surface area contributed by atoms with Gasteiger partial charge in [0.05, 0.1) is 25.7 Å². The van der Waals surface area contributed by atoms with Crippen LogP contribution >= 0.6 is 0 Å². The predicted molar refractivity (Wildman–Crippen MR) is 123 cm³/mol. The largest absolute Gasteiger partial charge is 0.496 e. The fraction of sp³-hybridized carbons (Fsp3) is 0.231. The van der Waals surface area contributed by atoms with Crippen molar-refractivity contribution in [2.24, 2.45) is 0 Å². The lowest BCUT2D eigenvalue weighted by molar-refractivity contribution is -0.138. The summed E-state index contributed by atoms with van der Waals surface area (Å²) < 4.78 is 50.9. The third-order valence-electron chi connectivity index (χ3n) is 5.16. The van der Waals surface area contributed by atoms with Gasteiger partial charge in [-0.1, -0.05) is 42.5 Å². The molecule has 1 amide bonds. The minimum Gasteiger partial charge on any atom is -0.496 e. The highest BCUT2D eigenvalue weighted by molar-refractivity contribution is 5.79. The highest BCUT2D eigenvalue weighted by Gasteiger charge is 2.31. The molecule has 3 rings (SSSR count). The molecule has 3 aromatic carbocycles. The minimum absolute atomic E-state index is 0.195. The number of alkyl halides is 3. The van der Waals surface area contributed by atoms with Gasteiger partial charge in [-0.3, -0.25) is 9.59 Å². The Balaban J connectivity index is 1.83. The summed E-state index contributed by atoms with van der Waals surface area (Å²) in [4.78, 5) is 23.4. The van der Waals surface area contributed by atoms with Gasteiger partial charge in [-0.05, 0) is 46.5 Å². The highest BCUT2D eigenvalue weighted by Crippen LogP contribution is 2.37. The van der Waals surface area contributed by atoms with Gasteiger partial charge in [0.25, 0.3) is 0 Å². The van der Waals surface area contributed by atoms with Crippen LogP contribution in [-0.4, -0.2) is 30.7 Å². The topological polar surface area (TPSA) is 84.9 Å². The van der Waals surface area contributed by atoms with Crippen molar-refractivity contribution in [2.45, 2.75) is 25.7 Å². The third-order valence-corrected chi connectivity index (χ3v) is 5.16. The number of methoxy groups -OCH3 is 1. The Hall–Kier alpha value is -3.85. The molecular weight excluding hydrogens is 463 g/mol. The van der Waals surface area contributed by atoms with Crippen LogP contribution in [0.4, 0.5) is 13.2 Å². The van der Waals surface area contributed by atoms with Crippen molar-refractivity contribution in [1.29, 1.82) is 0 Å². The van der Waals surface area contributed by atoms with E-state index in [0.29, 0.717) is 22.4 Å². The van der Waals surface area contributed by atoms with Crippen molar-refractivity contribution in [3.8, 4) is 16.9 Å². The number of hydrogen-bond acceptors (Lipinski definition) is 4. The molecule has 0 aliphatic carbocycles. The molecule has 0 aliphatic rings. The maximum absolute atomic E-state index is 13.4. The lowest BCUT2D eigenvalue weighted by Gasteiger charge is -2.17. The third kappa shape index (κ3) is 7.31. The quantitative estimate of drug-likeness (QED) is 0.428. The maximum atomic E-state index is 13.4. The zero-order valence-electron chi connectivity index (χ0n) is 18.9. The second-order valence-corrected chi connectivity index (χ2v) is 7.73. The van der Waals surface area contributed by atoms with Crippen molar-refractivity contribution in [2.75, 3.05) is 13.7 Å². The van der Waals surface area contributed by atoms with Crippen LogP contribution in [0.2, 0.25) is 0 Å². The number of halogens is 3. The fourth-order valence-corrected chi connectivity index (χ4v) is 3.51. The van der Waals surface area contributed by atoms with Gasteiger partial charge in [0.15, 0.2) is 0 Å². The molecule has 0 spiro atoms. The summed E-state index contributed by atoms with van der Waals surface area (Å²) in [5, 5.41) is 11.7. The molecule has 0 radical (unpaired) electrons. The Morgan fingerprint density at radius 2 is 1.69 bits per heavy atom. The first-order valence-corrected chi connectivity index (χ1v) is 10.6. The van der Waals surface area contributed by atoms with Crippen LogP contribution in [0.1, 0.15) is 22.3 Å². The number of carboxylic acids is 1. The molecule has 0 heterocycles. The van der Waals surface area contributed by atoms with E-state index in [1.54, 1.807) is 18.2 Å². The van der Waals surface area contributed by atoms with Gasteiger partial charge in [-0.25, -0.2) is 0 Å². The molecule has 0 fully saturated rings. The summed E-state index contributed by atoms with van der Waals surface area (Å²) in [6.07, 6.45) is -4.84. The van der Waals surface area contributed by atoms with Crippen LogP contribution in [-0.2, 0) is 40.1 Å². The summed E-state index contributed by atoms with van der Waals surface area (Å²) >= 11 is 0. The van der Waals surface area contributed by atoms with E-state index < -0.39 is 23.6 Å². The summed E-state index contributed by atoms with van der Waals surface area (Å²) in [5.41, 5.74) is 1.47. The number of carboxylic acid groups (broad SMARTS) is 1. The number of amides is 1. The van der Waals surface area contributed by atoms with Gasteiger partial charge in [0.2, 0.25) is 5.91 Å². The number of nitrogens with one attached hydrogen (secondary N) is 1. The monoisotopic (exact) mass is 487 g/mol. The number of benzene rings is 3. The lowest BCUT2D eigenvalue weighted by Crippen LogP contribution is -2.27. The second kappa shape index (κ2) is 11.5. The van der Waals surface area contributed by atoms with Crippen molar-refractivity contribution in [3.05, 3.63) is 89.0 Å². The molecule has 0 aliphatic heterocycles. The molecular formula is C26H24F3NO5. The number of rotatable bonds is 10. The molecule has 0 unspecified atom stereocenters. The first-order chi connectivity index (χ1) is 16.7. The smallest absolute Gasteiger partial charge is 0.416 e. The molecule has 0 saturated carbocycles. The lowest BCUT2D eigenvalue weighted by atomic mass is 9.94. The number of carbonyl (C=O) groups is 2. The number of hydrogen-bond donors (Lipinski definition) is 2. The Morgan fingerprint density at radius 1 is 0.943 bits per heavy atom. The average Bonchev–Trinajstić information content (AvgIpc) is 2.82. The Kier molecular flexibility index (Phi) is 8.48. The van der Waals surface area contributed by atoms with Crippen LogP contribution < -0.4 is 10.1 Å². The van der Waals surface area contributed by atoms with Crippen LogP contribution in [0.3, 0.4) is 0 Å². The van der Waals surface area contributed by atoms with E-state index in [4.69, 9.17) is 14.6 Å². The van der Waals surface area contributed by atoms with Gasteiger partial charge in [0.1, 0.15) is 12.4 Å². The van der Waals surface area contributed by atoms with Crippen LogP contribution in [0.25, 0.3) is 11.1 Å². The standard InChI is InChI=1S/C26H24F3NO5/c1-34-23-10-7-18(12-25(32)33)11-22(23)21-9-8-20(26(27,28)29)13-19(21)14-30-24(31)16-35-15-17-5-3-2-4-6-17/h2-11,13H,12,14-16H2,1H3,(H,30,31)(H,32,33). The molecule has 6 nitrogen and oxygen atoms in total. The zero-order valence-corrected chi connectivity index (χ0v) is 18.9. The molecule has 2 N–H and O–H groups in total. The Labute approximate surface area is 200 Å². The molecule has 35 heavy (non-hydrogen) atoms. The van der Waals surface area contributed by atoms with Gasteiger partial charge in [0, 0.05) is 12.1 Å². The predicted octanol–water partition coefficient (Wildman–Crippen LogP) is 4.84. The average molecular weight is 487 g/mol. The van der Waals surface area contributed by atoms with Crippen LogP contribution in [0.15, 0.2) is 66.7 Å². The molecule has 0 saturated heterocycles. The fourth-order valence-electron chi connectivity index (χ4n) is 3.51. The van der Waals surface area contributed by atoms with E-state index in [1.165, 1.54) is 13.2 Å². The minimum atomic E-state index is -4.58. The second-order valence-electron chi connectivity index (χ2n) is 7.73. The van der Waals surface area contributed by atoms with Gasteiger partial charge >= 0.3 is 12.1 Å². The van der Waals surface area contributed by atoms with Gasteiger partial charge in [-0.15, -0.1) is 0 Å².